The number of hydrogen-bond donors (Lipinski definition) is 3. The van der Waals surface area contributed by atoms with Crippen molar-refractivity contribution in [3.8, 4) is 0 Å². The van der Waals surface area contributed by atoms with Crippen molar-refractivity contribution in [2.24, 2.45) is 5.92 Å². The minimum Gasteiger partial charge on any atom is -0.358 e. The summed E-state index contributed by atoms with van der Waals surface area (Å²) in [4.78, 5) is 63.2. The molecule has 1 unspecified atom stereocenters. The normalized spacial score (nSPS) is 18.5. The SMILES string of the molecule is C.O=C1CCCC/C1=C\c1cnc[nH]1.O=C1CCCCC1.O=C1CCCCC1Cc1cnc[nH]1.O=Cc1cnc[nH]1.[CH3-].[Pd]. The van der Waals surface area contributed by atoms with Crippen LogP contribution in [0.15, 0.2) is 43.1 Å². The predicted molar refractivity (Wildman–Crippen MR) is 165 cm³/mol. The molecule has 3 aromatic rings. The Hall–Kier alpha value is -3.29. The molecule has 0 bridgehead atoms. The van der Waals surface area contributed by atoms with Crippen molar-refractivity contribution >= 4 is 29.7 Å². The van der Waals surface area contributed by atoms with E-state index in [1.54, 1.807) is 18.9 Å². The van der Waals surface area contributed by atoms with E-state index in [4.69, 9.17) is 0 Å². The minimum absolute atomic E-state index is 0. The number of nitrogens with zero attached hydrogens (tertiary/aromatic N) is 3. The van der Waals surface area contributed by atoms with Gasteiger partial charge in [-0.2, -0.15) is 0 Å². The molecule has 3 aromatic heterocycles. The van der Waals surface area contributed by atoms with Crippen LogP contribution in [0.4, 0.5) is 0 Å². The van der Waals surface area contributed by atoms with Crippen molar-refractivity contribution in [1.29, 1.82) is 0 Å². The van der Waals surface area contributed by atoms with Gasteiger partial charge in [-0.1, -0.05) is 20.3 Å². The molecule has 3 saturated carbocycles. The van der Waals surface area contributed by atoms with Crippen LogP contribution in [0.3, 0.4) is 0 Å². The van der Waals surface area contributed by atoms with Gasteiger partial charge in [-0.3, -0.25) is 19.2 Å². The van der Waals surface area contributed by atoms with E-state index in [1.807, 2.05) is 12.3 Å². The second-order valence-electron chi connectivity index (χ2n) is 10.2. The van der Waals surface area contributed by atoms with Gasteiger partial charge < -0.3 is 22.4 Å². The molecular weight excluding hydrogens is 639 g/mol. The smallest absolute Gasteiger partial charge is 0.167 e. The van der Waals surface area contributed by atoms with E-state index < -0.39 is 0 Å². The maximum absolute atomic E-state index is 11.5. The number of aromatic amines is 3. The fourth-order valence-corrected chi connectivity index (χ4v) is 4.80. The molecule has 0 aliphatic heterocycles. The molecule has 10 nitrogen and oxygen atoms in total. The molecule has 0 amide bonds. The summed E-state index contributed by atoms with van der Waals surface area (Å²) < 4.78 is 0. The van der Waals surface area contributed by atoms with Crippen LogP contribution in [-0.4, -0.2) is 53.5 Å². The van der Waals surface area contributed by atoms with Gasteiger partial charge in [0.15, 0.2) is 12.1 Å². The largest absolute Gasteiger partial charge is 0.358 e. The van der Waals surface area contributed by atoms with E-state index in [0.29, 0.717) is 35.8 Å². The third kappa shape index (κ3) is 15.7. The van der Waals surface area contributed by atoms with Gasteiger partial charge in [0, 0.05) is 63.9 Å². The maximum Gasteiger partial charge on any atom is 0.167 e. The number of allylic oxidation sites excluding steroid dienone is 1. The van der Waals surface area contributed by atoms with Gasteiger partial charge in [0.1, 0.15) is 11.6 Å². The number of imidazole rings is 3. The molecule has 43 heavy (non-hydrogen) atoms. The molecule has 6 rings (SSSR count). The second-order valence-corrected chi connectivity index (χ2v) is 10.2. The van der Waals surface area contributed by atoms with Gasteiger partial charge in [0.2, 0.25) is 0 Å². The summed E-state index contributed by atoms with van der Waals surface area (Å²) in [7, 11) is 0. The molecule has 11 heteroatoms. The average molecular weight is 686 g/mol. The zero-order chi connectivity index (χ0) is 28.4. The van der Waals surface area contributed by atoms with Crippen molar-refractivity contribution in [3.63, 3.8) is 0 Å². The first-order chi connectivity index (χ1) is 19.5. The predicted octanol–water partition coefficient (Wildman–Crippen LogP) is 6.47. The number of carbonyl (C=O) groups excluding carboxylic acids is 4. The Morgan fingerprint density at radius 1 is 0.721 bits per heavy atom. The number of rotatable bonds is 4. The van der Waals surface area contributed by atoms with Crippen LogP contribution in [0.2, 0.25) is 0 Å². The van der Waals surface area contributed by atoms with Gasteiger partial charge in [-0.15, -0.1) is 0 Å². The third-order valence-corrected chi connectivity index (χ3v) is 7.07. The van der Waals surface area contributed by atoms with Crippen molar-refractivity contribution in [1.82, 2.24) is 29.9 Å². The quantitative estimate of drug-likeness (QED) is 0.123. The monoisotopic (exact) mass is 685 g/mol. The number of H-pyrrole nitrogens is 3. The Kier molecular flexibility index (Phi) is 21.4. The molecule has 1 atom stereocenters. The summed E-state index contributed by atoms with van der Waals surface area (Å²) in [5.74, 6) is 1.43. The molecule has 3 aliphatic carbocycles. The summed E-state index contributed by atoms with van der Waals surface area (Å²) in [6.07, 6.45) is 26.4. The average Bonchev–Trinajstić information content (AvgIpc) is 3.78. The Morgan fingerprint density at radius 3 is 1.79 bits per heavy atom. The molecule has 240 valence electrons. The van der Waals surface area contributed by atoms with Crippen LogP contribution in [-0.2, 0) is 41.2 Å². The Bertz CT molecular complexity index is 1180. The van der Waals surface area contributed by atoms with E-state index >= 15 is 0 Å². The first-order valence-electron chi connectivity index (χ1n) is 14.2. The molecular formula is C32H47N6O4Pd-. The Labute approximate surface area is 269 Å². The number of aldehydes is 1. The molecule has 3 N–H and O–H groups in total. The van der Waals surface area contributed by atoms with Crippen molar-refractivity contribution < 1.29 is 39.6 Å². The van der Waals surface area contributed by atoms with Crippen molar-refractivity contribution in [2.45, 2.75) is 97.3 Å². The van der Waals surface area contributed by atoms with E-state index in [0.717, 1.165) is 87.6 Å². The fraction of sp³-hybridized carbons (Fsp3) is 0.500. The van der Waals surface area contributed by atoms with E-state index in [-0.39, 0.29) is 41.2 Å². The molecule has 3 fully saturated rings. The number of aromatic nitrogens is 6. The number of hydrogen-bond acceptors (Lipinski definition) is 7. The van der Waals surface area contributed by atoms with Crippen LogP contribution in [0.25, 0.3) is 6.08 Å². The molecule has 0 radical (unpaired) electrons. The van der Waals surface area contributed by atoms with Crippen LogP contribution >= 0.6 is 0 Å². The number of Topliss-reactive ketones (excluding diaryl/α,β-unsaturated/α-hetero) is 3. The van der Waals surface area contributed by atoms with E-state index in [2.05, 4.69) is 29.9 Å². The number of ketones is 3. The van der Waals surface area contributed by atoms with Crippen LogP contribution in [0.1, 0.15) is 113 Å². The van der Waals surface area contributed by atoms with Crippen LogP contribution in [0, 0.1) is 13.3 Å². The first kappa shape index (κ1) is 39.7. The maximum atomic E-state index is 11.5. The Balaban J connectivity index is 0.000000555. The second kappa shape index (κ2) is 23.2. The van der Waals surface area contributed by atoms with Gasteiger partial charge in [-0.25, -0.2) is 15.0 Å². The molecule has 0 spiro atoms. The minimum atomic E-state index is 0. The van der Waals surface area contributed by atoms with Crippen LogP contribution in [0.5, 0.6) is 0 Å². The van der Waals surface area contributed by atoms with Gasteiger partial charge >= 0.3 is 0 Å². The molecule has 3 heterocycles. The van der Waals surface area contributed by atoms with E-state index in [9.17, 15) is 19.2 Å². The summed E-state index contributed by atoms with van der Waals surface area (Å²) in [5, 5.41) is 0. The fourth-order valence-electron chi connectivity index (χ4n) is 4.80. The Morgan fingerprint density at radius 2 is 1.30 bits per heavy atom. The van der Waals surface area contributed by atoms with Crippen molar-refractivity contribution in [2.75, 3.05) is 0 Å². The zero-order valence-corrected chi connectivity index (χ0v) is 25.9. The first-order valence-corrected chi connectivity index (χ1v) is 14.2. The summed E-state index contributed by atoms with van der Waals surface area (Å²) in [5.41, 5.74) is 3.46. The van der Waals surface area contributed by atoms with E-state index in [1.165, 1.54) is 25.4 Å². The van der Waals surface area contributed by atoms with Gasteiger partial charge in [0.05, 0.1) is 42.8 Å². The summed E-state index contributed by atoms with van der Waals surface area (Å²) in [6.45, 7) is 0. The standard InChI is InChI=1S/C10H14N2O.C10H12N2O.C6H10O.C4H4N2O.CH4.CH3.Pd/c2*13-10-4-2-1-3-8(10)5-9-6-11-7-12-9;7-6-4-2-1-3-5-6;7-2-4-1-5-3-6-4;;;/h6-8H,1-5H2,(H,11,12);5-7H,1-4H2,(H,11,12);1-5H2;1-3H,(H,5,6);1H4;1H3;/q;;;;;-1;/b;8-5+;;;;;. The third-order valence-electron chi connectivity index (χ3n) is 7.07. The number of nitrogens with one attached hydrogen (secondary N) is 3. The topological polar surface area (TPSA) is 154 Å². The summed E-state index contributed by atoms with van der Waals surface area (Å²) in [6, 6.07) is 0. The molecule has 0 aromatic carbocycles. The van der Waals surface area contributed by atoms with Crippen molar-refractivity contribution in [3.05, 3.63) is 67.7 Å². The molecule has 0 saturated heterocycles. The van der Waals surface area contributed by atoms with Gasteiger partial charge in [-0.05, 0) is 63.0 Å². The van der Waals surface area contributed by atoms with Crippen LogP contribution < -0.4 is 0 Å². The number of carbonyl (C=O) groups is 4. The molecule has 3 aliphatic rings. The zero-order valence-electron chi connectivity index (χ0n) is 24.4. The van der Waals surface area contributed by atoms with Gasteiger partial charge in [0.25, 0.3) is 0 Å². The summed E-state index contributed by atoms with van der Waals surface area (Å²) >= 11 is 0.